The third-order valence-electron chi connectivity index (χ3n) is 6.05. The fourth-order valence-electron chi connectivity index (χ4n) is 4.21. The molecule has 0 aromatic carbocycles. The molecule has 184 valence electrons. The summed E-state index contributed by atoms with van der Waals surface area (Å²) in [5.74, 6) is 4.40. The average molecular weight is 487 g/mol. The van der Waals surface area contributed by atoms with Crippen molar-refractivity contribution in [3.05, 3.63) is 27.5 Å². The van der Waals surface area contributed by atoms with E-state index in [1.54, 1.807) is 11.0 Å². The van der Waals surface area contributed by atoms with Gasteiger partial charge in [0.05, 0.1) is 23.8 Å². The lowest BCUT2D eigenvalue weighted by Crippen LogP contribution is -2.49. The number of allylic oxidation sites excluding steroid dienone is 2. The molecule has 2 aliphatic rings. The number of hydrogen-bond acceptors (Lipinski definition) is 5. The van der Waals surface area contributed by atoms with Crippen molar-refractivity contribution in [2.75, 3.05) is 37.7 Å². The molecule has 1 aliphatic heterocycles. The number of ether oxygens (including phenoxy) is 1. The molecule has 1 saturated heterocycles. The summed E-state index contributed by atoms with van der Waals surface area (Å²) >= 11 is 1.04. The highest BCUT2D eigenvalue weighted by atomic mass is 32.1. The van der Waals surface area contributed by atoms with Crippen LogP contribution in [0.25, 0.3) is 0 Å². The van der Waals surface area contributed by atoms with Crippen LogP contribution in [0.2, 0.25) is 0 Å². The molecule has 0 radical (unpaired) electrons. The molecule has 34 heavy (non-hydrogen) atoms. The van der Waals surface area contributed by atoms with E-state index in [1.165, 1.54) is 10.5 Å². The number of amides is 2. The van der Waals surface area contributed by atoms with E-state index in [2.05, 4.69) is 24.8 Å². The van der Waals surface area contributed by atoms with Gasteiger partial charge in [0.25, 0.3) is 0 Å². The number of thiophene rings is 1. The molecule has 1 fully saturated rings. The number of morpholine rings is 1. The second-order valence-electron chi connectivity index (χ2n) is 10.1. The smallest absolute Gasteiger partial charge is 0.348 e. The van der Waals surface area contributed by atoms with Gasteiger partial charge in [0, 0.05) is 24.4 Å². The maximum atomic E-state index is 13.8. The molecular formula is C26H34N2O5S. The monoisotopic (exact) mass is 486 g/mol. The van der Waals surface area contributed by atoms with Crippen molar-refractivity contribution < 1.29 is 24.2 Å². The van der Waals surface area contributed by atoms with Gasteiger partial charge in [-0.2, -0.15) is 0 Å². The van der Waals surface area contributed by atoms with E-state index >= 15 is 0 Å². The lowest BCUT2D eigenvalue weighted by Gasteiger charge is -2.34. The van der Waals surface area contributed by atoms with Crippen LogP contribution in [-0.2, 0) is 14.3 Å². The molecule has 1 aliphatic carbocycles. The van der Waals surface area contributed by atoms with Crippen LogP contribution >= 0.6 is 11.3 Å². The molecule has 1 aromatic rings. The Balaban J connectivity index is 2.00. The highest BCUT2D eigenvalue weighted by Crippen LogP contribution is 2.36. The van der Waals surface area contributed by atoms with Gasteiger partial charge in [-0.3, -0.25) is 9.59 Å². The van der Waals surface area contributed by atoms with Crippen molar-refractivity contribution in [1.82, 2.24) is 4.90 Å². The van der Waals surface area contributed by atoms with Crippen molar-refractivity contribution >= 4 is 34.8 Å². The Bertz CT molecular complexity index is 1030. The maximum absolute atomic E-state index is 13.8. The molecule has 0 spiro atoms. The Morgan fingerprint density at radius 1 is 1.26 bits per heavy atom. The summed E-state index contributed by atoms with van der Waals surface area (Å²) in [7, 11) is 0. The fourth-order valence-corrected chi connectivity index (χ4v) is 5.07. The van der Waals surface area contributed by atoms with E-state index in [0.29, 0.717) is 37.6 Å². The van der Waals surface area contributed by atoms with E-state index in [4.69, 9.17) is 4.74 Å². The van der Waals surface area contributed by atoms with E-state index in [0.717, 1.165) is 17.8 Å². The van der Waals surface area contributed by atoms with Crippen LogP contribution in [0.15, 0.2) is 17.7 Å². The molecule has 7 nitrogen and oxygen atoms in total. The average Bonchev–Trinajstić information content (AvgIpc) is 3.20. The number of carbonyl (C=O) groups excluding carboxylic acids is 2. The largest absolute Gasteiger partial charge is 0.477 e. The lowest BCUT2D eigenvalue weighted by atomic mass is 9.80. The molecule has 0 saturated carbocycles. The molecular weight excluding hydrogens is 452 g/mol. The zero-order chi connectivity index (χ0) is 25.0. The van der Waals surface area contributed by atoms with Crippen LogP contribution in [0.3, 0.4) is 0 Å². The van der Waals surface area contributed by atoms with Crippen LogP contribution < -0.4 is 4.90 Å². The number of nitrogens with zero attached hydrogens (tertiary/aromatic N) is 2. The SMILES string of the molecule is CC1=CC[C@H](C(=O)N(CC(=O)N2CCOCC2)c2cc(C#CC(C)(C)C)sc2C(=O)O)[C@@H](C)C1. The summed E-state index contributed by atoms with van der Waals surface area (Å²) in [5.41, 5.74) is 1.24. The van der Waals surface area contributed by atoms with Gasteiger partial charge in [0.15, 0.2) is 0 Å². The topological polar surface area (TPSA) is 87.2 Å². The van der Waals surface area contributed by atoms with Crippen LogP contribution in [0.4, 0.5) is 5.69 Å². The third-order valence-corrected chi connectivity index (χ3v) is 7.08. The van der Waals surface area contributed by atoms with Gasteiger partial charge in [-0.05, 0) is 52.5 Å². The van der Waals surface area contributed by atoms with E-state index in [-0.39, 0.29) is 46.2 Å². The molecule has 1 N–H and O–H groups in total. The second-order valence-corrected chi connectivity index (χ2v) is 11.2. The van der Waals surface area contributed by atoms with Crippen LogP contribution in [-0.4, -0.2) is 60.6 Å². The number of carboxylic acid groups (broad SMARTS) is 1. The maximum Gasteiger partial charge on any atom is 0.348 e. The van der Waals surface area contributed by atoms with Gasteiger partial charge < -0.3 is 19.6 Å². The van der Waals surface area contributed by atoms with Gasteiger partial charge in [0.2, 0.25) is 11.8 Å². The number of rotatable bonds is 5. The summed E-state index contributed by atoms with van der Waals surface area (Å²) in [4.78, 5) is 42.7. The molecule has 3 rings (SSSR count). The molecule has 8 heteroatoms. The van der Waals surface area contributed by atoms with E-state index in [1.807, 2.05) is 27.7 Å². The second kappa shape index (κ2) is 10.7. The Hall–Kier alpha value is -2.63. The quantitative estimate of drug-likeness (QED) is 0.502. The number of carbonyl (C=O) groups is 3. The molecule has 2 amide bonds. The highest BCUT2D eigenvalue weighted by Gasteiger charge is 2.35. The van der Waals surface area contributed by atoms with Crippen LogP contribution in [0, 0.1) is 29.1 Å². The molecule has 0 unspecified atom stereocenters. The summed E-state index contributed by atoms with van der Waals surface area (Å²) in [5, 5.41) is 9.92. The Kier molecular flexibility index (Phi) is 8.21. The zero-order valence-electron chi connectivity index (χ0n) is 20.6. The predicted octanol–water partition coefficient (Wildman–Crippen LogP) is 4.03. The van der Waals surface area contributed by atoms with Crippen molar-refractivity contribution in [1.29, 1.82) is 0 Å². The molecule has 0 bridgehead atoms. The first-order chi connectivity index (χ1) is 16.0. The molecule has 2 atom stereocenters. The Morgan fingerprint density at radius 3 is 2.53 bits per heavy atom. The van der Waals surface area contributed by atoms with Gasteiger partial charge in [0.1, 0.15) is 11.4 Å². The molecule has 1 aromatic heterocycles. The summed E-state index contributed by atoms with van der Waals surface area (Å²) < 4.78 is 5.34. The van der Waals surface area contributed by atoms with Gasteiger partial charge >= 0.3 is 5.97 Å². The van der Waals surface area contributed by atoms with Gasteiger partial charge in [-0.1, -0.05) is 30.4 Å². The number of carboxylic acids is 1. The van der Waals surface area contributed by atoms with Crippen LogP contribution in [0.5, 0.6) is 0 Å². The first kappa shape index (κ1) is 26.0. The van der Waals surface area contributed by atoms with Gasteiger partial charge in [-0.15, -0.1) is 11.3 Å². The summed E-state index contributed by atoms with van der Waals surface area (Å²) in [6.07, 6.45) is 3.45. The standard InChI is InChI=1S/C26H34N2O5S/c1-17-6-7-20(18(2)14-17)24(30)28(16-22(29)27-10-12-33-13-11-27)21-15-19(8-9-26(3,4)5)34-23(21)25(31)32/h6,15,18,20H,7,10-14,16H2,1-5H3,(H,31,32)/t18-,20-/m0/s1. The first-order valence-electron chi connectivity index (χ1n) is 11.7. The fraction of sp³-hybridized carbons (Fsp3) is 0.577. The lowest BCUT2D eigenvalue weighted by molar-refractivity contribution is -0.135. The van der Waals surface area contributed by atoms with E-state index in [9.17, 15) is 19.5 Å². The zero-order valence-corrected chi connectivity index (χ0v) is 21.5. The van der Waals surface area contributed by atoms with Crippen molar-refractivity contribution in [2.45, 2.75) is 47.5 Å². The number of anilines is 1. The van der Waals surface area contributed by atoms with Crippen LogP contribution in [0.1, 0.15) is 62.0 Å². The van der Waals surface area contributed by atoms with Crippen molar-refractivity contribution in [2.24, 2.45) is 17.3 Å². The normalized spacial score (nSPS) is 20.7. The number of hydrogen-bond donors (Lipinski definition) is 1. The van der Waals surface area contributed by atoms with Gasteiger partial charge in [-0.25, -0.2) is 4.79 Å². The Labute approximate surface area is 205 Å². The minimum Gasteiger partial charge on any atom is -0.477 e. The Morgan fingerprint density at radius 2 is 1.94 bits per heavy atom. The summed E-state index contributed by atoms with van der Waals surface area (Å²) in [6, 6.07) is 1.64. The van der Waals surface area contributed by atoms with Crippen molar-refractivity contribution in [3.8, 4) is 11.8 Å². The third kappa shape index (κ3) is 6.49. The minimum absolute atomic E-state index is 0.0246. The first-order valence-corrected chi connectivity index (χ1v) is 12.5. The highest BCUT2D eigenvalue weighted by molar-refractivity contribution is 7.15. The molecule has 2 heterocycles. The minimum atomic E-state index is -1.13. The van der Waals surface area contributed by atoms with E-state index < -0.39 is 5.97 Å². The summed E-state index contributed by atoms with van der Waals surface area (Å²) in [6.45, 7) is 11.6. The van der Waals surface area contributed by atoms with Crippen molar-refractivity contribution in [3.63, 3.8) is 0 Å². The number of aromatic carboxylic acids is 1. The predicted molar refractivity (Wildman–Crippen MR) is 133 cm³/mol.